The highest BCUT2D eigenvalue weighted by Crippen LogP contribution is 2.37. The summed E-state index contributed by atoms with van der Waals surface area (Å²) in [5.41, 5.74) is 3.83. The standard InChI is InChI=1S/C22H19N5O3/c1-13-9-14(2)11-17(10-13)26-21-20(27(28)29)22(24-12-23-21)30-18-6-4-5-16-8-7-15(3)25-19(16)18/h4-12H,1-3H3,(H,23,24,26). The number of nitrogens with zero attached hydrogens (tertiary/aromatic N) is 4. The van der Waals surface area contributed by atoms with Crippen LogP contribution in [0.2, 0.25) is 0 Å². The first-order valence-electron chi connectivity index (χ1n) is 9.29. The average Bonchev–Trinajstić information content (AvgIpc) is 2.67. The van der Waals surface area contributed by atoms with Gasteiger partial charge < -0.3 is 10.1 Å². The first kappa shape index (κ1) is 19.3. The molecule has 8 heteroatoms. The summed E-state index contributed by atoms with van der Waals surface area (Å²) >= 11 is 0. The summed E-state index contributed by atoms with van der Waals surface area (Å²) in [7, 11) is 0. The molecule has 0 bridgehead atoms. The fourth-order valence-corrected chi connectivity index (χ4v) is 3.28. The van der Waals surface area contributed by atoms with Crippen molar-refractivity contribution in [2.24, 2.45) is 0 Å². The number of hydrogen-bond acceptors (Lipinski definition) is 7. The number of pyridine rings is 1. The van der Waals surface area contributed by atoms with Crippen LogP contribution in [0.4, 0.5) is 17.2 Å². The lowest BCUT2D eigenvalue weighted by atomic mass is 10.1. The first-order valence-corrected chi connectivity index (χ1v) is 9.29. The Morgan fingerprint density at radius 2 is 1.77 bits per heavy atom. The molecule has 0 aliphatic carbocycles. The molecule has 0 fully saturated rings. The number of aryl methyl sites for hydroxylation is 3. The van der Waals surface area contributed by atoms with E-state index in [1.54, 1.807) is 12.1 Å². The zero-order chi connectivity index (χ0) is 21.3. The van der Waals surface area contributed by atoms with Crippen molar-refractivity contribution in [1.82, 2.24) is 15.0 Å². The molecular formula is C22H19N5O3. The van der Waals surface area contributed by atoms with Gasteiger partial charge in [-0.25, -0.2) is 9.97 Å². The molecule has 4 aromatic rings. The topological polar surface area (TPSA) is 103 Å². The van der Waals surface area contributed by atoms with Crippen molar-refractivity contribution in [3.05, 3.63) is 81.8 Å². The van der Waals surface area contributed by atoms with Crippen molar-refractivity contribution >= 4 is 28.1 Å². The number of ether oxygens (including phenoxy) is 1. The first-order chi connectivity index (χ1) is 14.4. The molecule has 30 heavy (non-hydrogen) atoms. The van der Waals surface area contributed by atoms with Gasteiger partial charge in [0, 0.05) is 16.8 Å². The third-order valence-corrected chi connectivity index (χ3v) is 4.48. The number of hydrogen-bond donors (Lipinski definition) is 1. The molecule has 0 amide bonds. The van der Waals surface area contributed by atoms with Gasteiger partial charge in [-0.2, -0.15) is 4.98 Å². The number of benzene rings is 2. The zero-order valence-electron chi connectivity index (χ0n) is 16.7. The Bertz CT molecular complexity index is 1250. The van der Waals surface area contributed by atoms with Crippen LogP contribution in [0.15, 0.2) is 54.9 Å². The predicted octanol–water partition coefficient (Wildman–Crippen LogP) is 5.39. The van der Waals surface area contributed by atoms with Crippen LogP contribution in [0.3, 0.4) is 0 Å². The minimum Gasteiger partial charge on any atom is -0.431 e. The van der Waals surface area contributed by atoms with E-state index in [1.165, 1.54) is 6.33 Å². The van der Waals surface area contributed by atoms with E-state index >= 15 is 0 Å². The van der Waals surface area contributed by atoms with Gasteiger partial charge in [0.2, 0.25) is 5.82 Å². The average molecular weight is 401 g/mol. The fraction of sp³-hybridized carbons (Fsp3) is 0.136. The number of rotatable bonds is 5. The second-order valence-corrected chi connectivity index (χ2v) is 7.02. The summed E-state index contributed by atoms with van der Waals surface area (Å²) in [6.45, 7) is 5.78. The maximum absolute atomic E-state index is 11.9. The Kier molecular flexibility index (Phi) is 4.97. The molecule has 8 nitrogen and oxygen atoms in total. The number of aromatic nitrogens is 3. The summed E-state index contributed by atoms with van der Waals surface area (Å²) in [6, 6.07) is 15.0. The third-order valence-electron chi connectivity index (χ3n) is 4.48. The lowest BCUT2D eigenvalue weighted by Crippen LogP contribution is -2.04. The van der Waals surface area contributed by atoms with E-state index in [4.69, 9.17) is 4.74 Å². The number of para-hydroxylation sites is 1. The largest absolute Gasteiger partial charge is 0.431 e. The van der Waals surface area contributed by atoms with E-state index in [2.05, 4.69) is 20.3 Å². The quantitative estimate of drug-likeness (QED) is 0.353. The Morgan fingerprint density at radius 1 is 1.00 bits per heavy atom. The maximum Gasteiger partial charge on any atom is 0.373 e. The molecule has 0 saturated heterocycles. The van der Waals surface area contributed by atoms with Gasteiger partial charge >= 0.3 is 11.6 Å². The molecule has 1 N–H and O–H groups in total. The van der Waals surface area contributed by atoms with Gasteiger partial charge in [-0.3, -0.25) is 10.1 Å². The van der Waals surface area contributed by atoms with Crippen LogP contribution in [0, 0.1) is 30.9 Å². The van der Waals surface area contributed by atoms with Gasteiger partial charge in [0.15, 0.2) is 5.75 Å². The molecule has 150 valence electrons. The maximum atomic E-state index is 11.9. The molecule has 0 aliphatic heterocycles. The Balaban J connectivity index is 1.77. The van der Waals surface area contributed by atoms with E-state index in [0.29, 0.717) is 17.0 Å². The Labute approximate surface area is 172 Å². The second-order valence-electron chi connectivity index (χ2n) is 7.02. The minimum absolute atomic E-state index is 0.0550. The van der Waals surface area contributed by atoms with Crippen LogP contribution in [0.1, 0.15) is 16.8 Å². The van der Waals surface area contributed by atoms with Crippen LogP contribution in [-0.4, -0.2) is 19.9 Å². The van der Waals surface area contributed by atoms with Gasteiger partial charge in [0.1, 0.15) is 11.8 Å². The number of nitro groups is 1. The van der Waals surface area contributed by atoms with Gasteiger partial charge in [-0.05, 0) is 56.2 Å². The van der Waals surface area contributed by atoms with E-state index in [9.17, 15) is 10.1 Å². The van der Waals surface area contributed by atoms with Crippen LogP contribution in [0.5, 0.6) is 11.6 Å². The molecule has 0 unspecified atom stereocenters. The van der Waals surface area contributed by atoms with Gasteiger partial charge in [0.25, 0.3) is 0 Å². The smallest absolute Gasteiger partial charge is 0.373 e. The molecule has 0 radical (unpaired) electrons. The van der Waals surface area contributed by atoms with Crippen molar-refractivity contribution in [1.29, 1.82) is 0 Å². The summed E-state index contributed by atoms with van der Waals surface area (Å²) in [4.78, 5) is 23.9. The van der Waals surface area contributed by atoms with Gasteiger partial charge in [-0.15, -0.1) is 0 Å². The lowest BCUT2D eigenvalue weighted by Gasteiger charge is -2.11. The second kappa shape index (κ2) is 7.75. The molecule has 0 aliphatic rings. The van der Waals surface area contributed by atoms with Crippen molar-refractivity contribution in [3.8, 4) is 11.6 Å². The molecule has 0 atom stereocenters. The van der Waals surface area contributed by atoms with Crippen LogP contribution >= 0.6 is 0 Å². The normalized spacial score (nSPS) is 10.8. The zero-order valence-corrected chi connectivity index (χ0v) is 16.7. The molecule has 0 saturated carbocycles. The van der Waals surface area contributed by atoms with Crippen LogP contribution in [-0.2, 0) is 0 Å². The van der Waals surface area contributed by atoms with Crippen LogP contribution in [0.25, 0.3) is 10.9 Å². The Hall–Kier alpha value is -4.07. The third kappa shape index (κ3) is 3.88. The summed E-state index contributed by atoms with van der Waals surface area (Å²) in [5.74, 6) is 0.285. The molecular weight excluding hydrogens is 382 g/mol. The highest BCUT2D eigenvalue weighted by molar-refractivity contribution is 5.85. The SMILES string of the molecule is Cc1cc(C)cc(Nc2ncnc(Oc3cccc4ccc(C)nc34)c2[N+](=O)[O-])c1. The van der Waals surface area contributed by atoms with Crippen molar-refractivity contribution < 1.29 is 9.66 Å². The highest BCUT2D eigenvalue weighted by Gasteiger charge is 2.26. The number of fused-ring (bicyclic) bond motifs is 1. The highest BCUT2D eigenvalue weighted by atomic mass is 16.6. The van der Waals surface area contributed by atoms with Gasteiger partial charge in [0.05, 0.1) is 4.92 Å². The molecule has 2 heterocycles. The molecule has 2 aromatic carbocycles. The van der Waals surface area contributed by atoms with Crippen molar-refractivity contribution in [3.63, 3.8) is 0 Å². The molecule has 0 spiro atoms. The predicted molar refractivity (Wildman–Crippen MR) is 114 cm³/mol. The Morgan fingerprint density at radius 3 is 2.50 bits per heavy atom. The van der Waals surface area contributed by atoms with E-state index in [1.807, 2.05) is 57.2 Å². The van der Waals surface area contributed by atoms with Crippen molar-refractivity contribution in [2.45, 2.75) is 20.8 Å². The lowest BCUT2D eigenvalue weighted by molar-refractivity contribution is -0.385. The summed E-state index contributed by atoms with van der Waals surface area (Å²) in [6.07, 6.45) is 1.23. The minimum atomic E-state index is -0.551. The van der Waals surface area contributed by atoms with Crippen molar-refractivity contribution in [2.75, 3.05) is 5.32 Å². The summed E-state index contributed by atoms with van der Waals surface area (Å²) < 4.78 is 5.87. The van der Waals surface area contributed by atoms with E-state index < -0.39 is 4.92 Å². The van der Waals surface area contributed by atoms with Gasteiger partial charge in [-0.1, -0.05) is 24.3 Å². The van der Waals surface area contributed by atoms with E-state index in [0.717, 1.165) is 22.2 Å². The van der Waals surface area contributed by atoms with E-state index in [-0.39, 0.29) is 17.4 Å². The monoisotopic (exact) mass is 401 g/mol. The fourth-order valence-electron chi connectivity index (χ4n) is 3.28. The number of anilines is 2. The number of nitrogens with one attached hydrogen (secondary N) is 1. The summed E-state index contributed by atoms with van der Waals surface area (Å²) in [5, 5.41) is 15.7. The molecule has 2 aromatic heterocycles. The molecule has 4 rings (SSSR count). The van der Waals surface area contributed by atoms with Crippen LogP contribution < -0.4 is 10.1 Å².